The van der Waals surface area contributed by atoms with Gasteiger partial charge in [-0.1, -0.05) is 38.3 Å². The summed E-state index contributed by atoms with van der Waals surface area (Å²) in [6.45, 7) is 7.57. The van der Waals surface area contributed by atoms with Crippen molar-refractivity contribution in [3.8, 4) is 5.75 Å². The molecular weight excluding hydrogens is 260 g/mol. The molecule has 2 rings (SSSR count). The molecule has 0 aromatic heterocycles. The number of hydrogen-bond donors (Lipinski definition) is 2. The van der Waals surface area contributed by atoms with E-state index in [0.717, 1.165) is 38.2 Å². The summed E-state index contributed by atoms with van der Waals surface area (Å²) in [5.41, 5.74) is 2.46. The Morgan fingerprint density at radius 2 is 2.00 bits per heavy atom. The van der Waals surface area contributed by atoms with Crippen LogP contribution in [0.25, 0.3) is 0 Å². The Kier molecular flexibility index (Phi) is 6.87. The standard InChI is InChI=1S/C18H30N2O/c1-3-4-5-6-12-20-18-15(2)8-7-9-17(18)21-16-10-13-19-14-11-16/h7-9,16,19-20H,3-6,10-14H2,1-2H3. The van der Waals surface area contributed by atoms with Gasteiger partial charge in [0.15, 0.2) is 0 Å². The number of unbranched alkanes of at least 4 members (excludes halogenated alkanes) is 3. The molecule has 1 fully saturated rings. The van der Waals surface area contributed by atoms with Crippen LogP contribution in [0.3, 0.4) is 0 Å². The number of piperidine rings is 1. The van der Waals surface area contributed by atoms with Gasteiger partial charge in [-0.2, -0.15) is 0 Å². The summed E-state index contributed by atoms with van der Waals surface area (Å²) >= 11 is 0. The van der Waals surface area contributed by atoms with Crippen molar-refractivity contribution in [2.24, 2.45) is 0 Å². The Bertz CT molecular complexity index is 414. The predicted molar refractivity (Wildman–Crippen MR) is 90.3 cm³/mol. The minimum Gasteiger partial charge on any atom is -0.488 e. The maximum absolute atomic E-state index is 6.24. The largest absolute Gasteiger partial charge is 0.488 e. The second kappa shape index (κ2) is 8.93. The van der Waals surface area contributed by atoms with E-state index in [1.807, 2.05) is 0 Å². The van der Waals surface area contributed by atoms with Crippen LogP contribution < -0.4 is 15.4 Å². The number of anilines is 1. The lowest BCUT2D eigenvalue weighted by Crippen LogP contribution is -2.34. The average molecular weight is 290 g/mol. The molecule has 0 saturated carbocycles. The minimum atomic E-state index is 0.355. The highest BCUT2D eigenvalue weighted by molar-refractivity contribution is 5.61. The fourth-order valence-corrected chi connectivity index (χ4v) is 2.82. The summed E-state index contributed by atoms with van der Waals surface area (Å²) in [5.74, 6) is 1.03. The van der Waals surface area contributed by atoms with Gasteiger partial charge in [-0.05, 0) is 50.9 Å². The minimum absolute atomic E-state index is 0.355. The SMILES string of the molecule is CCCCCCNc1c(C)cccc1OC1CCNCC1. The molecule has 1 heterocycles. The van der Waals surface area contributed by atoms with Gasteiger partial charge in [0.1, 0.15) is 11.9 Å². The Morgan fingerprint density at radius 3 is 2.76 bits per heavy atom. The molecule has 2 N–H and O–H groups in total. The molecule has 1 saturated heterocycles. The van der Waals surface area contributed by atoms with Crippen LogP contribution >= 0.6 is 0 Å². The molecule has 3 heteroatoms. The fraction of sp³-hybridized carbons (Fsp3) is 0.667. The Labute approximate surface area is 129 Å². The van der Waals surface area contributed by atoms with E-state index in [4.69, 9.17) is 4.74 Å². The first-order valence-corrected chi connectivity index (χ1v) is 8.52. The molecule has 21 heavy (non-hydrogen) atoms. The molecule has 1 aromatic rings. The second-order valence-electron chi connectivity index (χ2n) is 6.00. The third kappa shape index (κ3) is 5.24. The zero-order chi connectivity index (χ0) is 14.9. The lowest BCUT2D eigenvalue weighted by molar-refractivity contribution is 0.163. The second-order valence-corrected chi connectivity index (χ2v) is 6.00. The quantitative estimate of drug-likeness (QED) is 0.707. The highest BCUT2D eigenvalue weighted by Crippen LogP contribution is 2.30. The van der Waals surface area contributed by atoms with Crippen LogP contribution in [0.1, 0.15) is 51.0 Å². The summed E-state index contributed by atoms with van der Waals surface area (Å²) in [6, 6.07) is 6.35. The number of aryl methyl sites for hydroxylation is 1. The van der Waals surface area contributed by atoms with Gasteiger partial charge in [0.2, 0.25) is 0 Å². The fourth-order valence-electron chi connectivity index (χ4n) is 2.82. The summed E-state index contributed by atoms with van der Waals surface area (Å²) in [7, 11) is 0. The molecule has 0 bridgehead atoms. The van der Waals surface area contributed by atoms with Crippen molar-refractivity contribution in [2.45, 2.75) is 58.5 Å². The lowest BCUT2D eigenvalue weighted by Gasteiger charge is -2.25. The van der Waals surface area contributed by atoms with Gasteiger partial charge >= 0.3 is 0 Å². The Hall–Kier alpha value is -1.22. The summed E-state index contributed by atoms with van der Waals surface area (Å²) in [5, 5.41) is 6.97. The number of ether oxygens (including phenoxy) is 1. The van der Waals surface area contributed by atoms with Gasteiger partial charge in [0.05, 0.1) is 5.69 Å². The van der Waals surface area contributed by atoms with Crippen LogP contribution in [0.2, 0.25) is 0 Å². The number of benzene rings is 1. The molecular formula is C18H30N2O. The first kappa shape index (κ1) is 16.2. The van der Waals surface area contributed by atoms with Crippen molar-refractivity contribution in [1.82, 2.24) is 5.32 Å². The van der Waals surface area contributed by atoms with Crippen LogP contribution in [0.15, 0.2) is 18.2 Å². The molecule has 0 atom stereocenters. The molecule has 118 valence electrons. The third-order valence-electron chi connectivity index (χ3n) is 4.15. The summed E-state index contributed by atoms with van der Waals surface area (Å²) in [4.78, 5) is 0. The molecule has 0 amide bonds. The van der Waals surface area contributed by atoms with E-state index < -0.39 is 0 Å². The smallest absolute Gasteiger partial charge is 0.143 e. The molecule has 3 nitrogen and oxygen atoms in total. The highest BCUT2D eigenvalue weighted by Gasteiger charge is 2.16. The van der Waals surface area contributed by atoms with Gasteiger partial charge in [0, 0.05) is 6.54 Å². The Balaban J connectivity index is 1.91. The van der Waals surface area contributed by atoms with Crippen molar-refractivity contribution in [1.29, 1.82) is 0 Å². The first-order valence-electron chi connectivity index (χ1n) is 8.52. The molecule has 0 radical (unpaired) electrons. The number of para-hydroxylation sites is 1. The molecule has 0 spiro atoms. The topological polar surface area (TPSA) is 33.3 Å². The highest BCUT2D eigenvalue weighted by atomic mass is 16.5. The maximum atomic E-state index is 6.24. The van der Waals surface area contributed by atoms with E-state index in [0.29, 0.717) is 6.10 Å². The third-order valence-corrected chi connectivity index (χ3v) is 4.15. The molecule has 0 unspecified atom stereocenters. The number of hydrogen-bond acceptors (Lipinski definition) is 3. The molecule has 1 aromatic carbocycles. The van der Waals surface area contributed by atoms with E-state index in [2.05, 4.69) is 42.7 Å². The van der Waals surface area contributed by atoms with E-state index in [-0.39, 0.29) is 0 Å². The van der Waals surface area contributed by atoms with Gasteiger partial charge in [0.25, 0.3) is 0 Å². The van der Waals surface area contributed by atoms with Crippen molar-refractivity contribution in [3.05, 3.63) is 23.8 Å². The van der Waals surface area contributed by atoms with Crippen LogP contribution in [-0.2, 0) is 0 Å². The van der Waals surface area contributed by atoms with Gasteiger partial charge < -0.3 is 15.4 Å². The van der Waals surface area contributed by atoms with Crippen LogP contribution in [0.5, 0.6) is 5.75 Å². The van der Waals surface area contributed by atoms with Crippen molar-refractivity contribution in [3.63, 3.8) is 0 Å². The van der Waals surface area contributed by atoms with Crippen LogP contribution in [0.4, 0.5) is 5.69 Å². The summed E-state index contributed by atoms with van der Waals surface area (Å²) in [6.07, 6.45) is 7.71. The average Bonchev–Trinajstić information content (AvgIpc) is 2.50. The number of rotatable bonds is 8. The first-order chi connectivity index (χ1) is 10.3. The van der Waals surface area contributed by atoms with E-state index in [9.17, 15) is 0 Å². The van der Waals surface area contributed by atoms with Crippen molar-refractivity contribution >= 4 is 5.69 Å². The monoisotopic (exact) mass is 290 g/mol. The Morgan fingerprint density at radius 1 is 1.19 bits per heavy atom. The van der Waals surface area contributed by atoms with E-state index in [1.54, 1.807) is 0 Å². The van der Waals surface area contributed by atoms with Crippen LogP contribution in [-0.4, -0.2) is 25.7 Å². The zero-order valence-corrected chi connectivity index (χ0v) is 13.6. The normalized spacial score (nSPS) is 15.9. The van der Waals surface area contributed by atoms with Crippen molar-refractivity contribution < 1.29 is 4.74 Å². The van der Waals surface area contributed by atoms with Gasteiger partial charge in [-0.3, -0.25) is 0 Å². The lowest BCUT2D eigenvalue weighted by atomic mass is 10.1. The zero-order valence-electron chi connectivity index (χ0n) is 13.6. The predicted octanol–water partition coefficient (Wildman–Crippen LogP) is 4.12. The van der Waals surface area contributed by atoms with Gasteiger partial charge in [-0.25, -0.2) is 0 Å². The van der Waals surface area contributed by atoms with Crippen LogP contribution in [0, 0.1) is 6.92 Å². The van der Waals surface area contributed by atoms with E-state index >= 15 is 0 Å². The summed E-state index contributed by atoms with van der Waals surface area (Å²) < 4.78 is 6.24. The van der Waals surface area contributed by atoms with E-state index in [1.165, 1.54) is 36.9 Å². The molecule has 1 aliphatic heterocycles. The molecule has 1 aliphatic rings. The maximum Gasteiger partial charge on any atom is 0.143 e. The van der Waals surface area contributed by atoms with Crippen molar-refractivity contribution in [2.75, 3.05) is 25.0 Å². The number of nitrogens with one attached hydrogen (secondary N) is 2. The molecule has 0 aliphatic carbocycles. The van der Waals surface area contributed by atoms with Gasteiger partial charge in [-0.15, -0.1) is 0 Å².